The van der Waals surface area contributed by atoms with E-state index in [4.69, 9.17) is 4.74 Å². The lowest BCUT2D eigenvalue weighted by Crippen LogP contribution is -2.36. The van der Waals surface area contributed by atoms with Crippen molar-refractivity contribution in [2.45, 2.75) is 57.9 Å². The first-order chi connectivity index (χ1) is 14.0. The molecule has 1 aliphatic carbocycles. The summed E-state index contributed by atoms with van der Waals surface area (Å²) in [7, 11) is 0. The average Bonchev–Trinajstić information content (AvgIpc) is 2.73. The van der Waals surface area contributed by atoms with Crippen LogP contribution in [-0.2, 0) is 4.79 Å². The molecular weight excluding hydrogens is 364 g/mol. The largest absolute Gasteiger partial charge is 0.483 e. The van der Waals surface area contributed by atoms with Gasteiger partial charge in [0, 0.05) is 17.3 Å². The highest BCUT2D eigenvalue weighted by atomic mass is 16.5. The predicted molar refractivity (Wildman–Crippen MR) is 115 cm³/mol. The highest BCUT2D eigenvalue weighted by Crippen LogP contribution is 2.25. The van der Waals surface area contributed by atoms with Crippen molar-refractivity contribution in [1.82, 2.24) is 5.32 Å². The van der Waals surface area contributed by atoms with Crippen LogP contribution in [0.3, 0.4) is 0 Å². The third kappa shape index (κ3) is 6.08. The number of amides is 2. The Morgan fingerprint density at radius 1 is 1.00 bits per heavy atom. The van der Waals surface area contributed by atoms with E-state index in [1.165, 1.54) is 19.3 Å². The van der Waals surface area contributed by atoms with Gasteiger partial charge in [-0.15, -0.1) is 0 Å². The highest BCUT2D eigenvalue weighted by molar-refractivity contribution is 5.96. The van der Waals surface area contributed by atoms with Crippen molar-refractivity contribution in [2.24, 2.45) is 0 Å². The van der Waals surface area contributed by atoms with Crippen molar-refractivity contribution >= 4 is 17.5 Å². The Morgan fingerprint density at radius 2 is 1.69 bits per heavy atom. The van der Waals surface area contributed by atoms with Gasteiger partial charge < -0.3 is 15.4 Å². The van der Waals surface area contributed by atoms with Gasteiger partial charge in [-0.25, -0.2) is 0 Å². The summed E-state index contributed by atoms with van der Waals surface area (Å²) in [5.41, 5.74) is 2.33. The fraction of sp³-hybridized carbons (Fsp3) is 0.417. The second kappa shape index (κ2) is 10.1. The zero-order valence-corrected chi connectivity index (χ0v) is 17.2. The van der Waals surface area contributed by atoms with Crippen molar-refractivity contribution in [2.75, 3.05) is 11.9 Å². The van der Waals surface area contributed by atoms with Crippen LogP contribution in [0, 0.1) is 0 Å². The number of hydrogen-bond acceptors (Lipinski definition) is 3. The van der Waals surface area contributed by atoms with Gasteiger partial charge >= 0.3 is 0 Å². The second-order valence-electron chi connectivity index (χ2n) is 7.92. The summed E-state index contributed by atoms with van der Waals surface area (Å²) >= 11 is 0. The molecule has 0 radical (unpaired) electrons. The highest BCUT2D eigenvalue weighted by Gasteiger charge is 2.16. The summed E-state index contributed by atoms with van der Waals surface area (Å²) in [6.45, 7) is 4.12. The Kier molecular flexibility index (Phi) is 7.28. The average molecular weight is 395 g/mol. The number of nitrogens with one attached hydrogen (secondary N) is 2. The number of hydrogen-bond donors (Lipinski definition) is 2. The Hall–Kier alpha value is -2.82. The number of rotatable bonds is 7. The van der Waals surface area contributed by atoms with Crippen LogP contribution in [0.15, 0.2) is 48.5 Å². The molecule has 1 aliphatic rings. The Balaban J connectivity index is 1.50. The van der Waals surface area contributed by atoms with E-state index in [1.807, 2.05) is 24.3 Å². The summed E-state index contributed by atoms with van der Waals surface area (Å²) in [5.74, 6) is 0.764. The molecule has 2 N–H and O–H groups in total. The van der Waals surface area contributed by atoms with Gasteiger partial charge in [-0.05, 0) is 54.7 Å². The standard InChI is InChI=1S/C24H30N2O3/c1-17(2)21-10-6-7-11-22(21)29-16-23(27)25-20-14-12-18(13-15-20)24(28)26-19-8-4-3-5-9-19/h6-7,10-15,17,19H,3-5,8-9,16H2,1-2H3,(H,25,27)(H,26,28). The maximum atomic E-state index is 12.4. The first-order valence-corrected chi connectivity index (χ1v) is 10.5. The normalized spacial score (nSPS) is 14.4. The molecule has 1 fully saturated rings. The van der Waals surface area contributed by atoms with E-state index in [9.17, 15) is 9.59 Å². The monoisotopic (exact) mass is 394 g/mol. The lowest BCUT2D eigenvalue weighted by molar-refractivity contribution is -0.118. The molecule has 0 spiro atoms. The minimum absolute atomic E-state index is 0.0524. The minimum atomic E-state index is -0.233. The summed E-state index contributed by atoms with van der Waals surface area (Å²) in [6, 6.07) is 15.0. The van der Waals surface area contributed by atoms with Gasteiger partial charge in [0.15, 0.2) is 6.61 Å². The molecule has 0 atom stereocenters. The fourth-order valence-electron chi connectivity index (χ4n) is 3.65. The van der Waals surface area contributed by atoms with Gasteiger partial charge in [-0.1, -0.05) is 51.3 Å². The molecule has 5 nitrogen and oxygen atoms in total. The van der Waals surface area contributed by atoms with E-state index in [2.05, 4.69) is 24.5 Å². The van der Waals surface area contributed by atoms with Crippen molar-refractivity contribution < 1.29 is 14.3 Å². The maximum Gasteiger partial charge on any atom is 0.262 e. The third-order valence-electron chi connectivity index (χ3n) is 5.27. The van der Waals surface area contributed by atoms with Crippen LogP contribution in [0.1, 0.15) is 67.8 Å². The van der Waals surface area contributed by atoms with Gasteiger partial charge in [0.25, 0.3) is 11.8 Å². The van der Waals surface area contributed by atoms with Gasteiger partial charge in [0.2, 0.25) is 0 Å². The number of para-hydroxylation sites is 1. The van der Waals surface area contributed by atoms with E-state index in [0.717, 1.165) is 24.2 Å². The van der Waals surface area contributed by atoms with E-state index in [-0.39, 0.29) is 24.5 Å². The molecule has 0 unspecified atom stereocenters. The molecule has 2 aromatic rings. The van der Waals surface area contributed by atoms with E-state index < -0.39 is 0 Å². The van der Waals surface area contributed by atoms with Crippen molar-refractivity contribution in [1.29, 1.82) is 0 Å². The first kappa shape index (κ1) is 20.9. The van der Waals surface area contributed by atoms with Crippen LogP contribution in [0.4, 0.5) is 5.69 Å². The second-order valence-corrected chi connectivity index (χ2v) is 7.92. The Bertz CT molecular complexity index is 824. The molecule has 5 heteroatoms. The first-order valence-electron chi connectivity index (χ1n) is 10.5. The zero-order chi connectivity index (χ0) is 20.6. The molecule has 0 saturated heterocycles. The number of carbonyl (C=O) groups is 2. The molecule has 0 aromatic heterocycles. The molecule has 0 aliphatic heterocycles. The van der Waals surface area contributed by atoms with Crippen LogP contribution >= 0.6 is 0 Å². The fourth-order valence-corrected chi connectivity index (χ4v) is 3.65. The quantitative estimate of drug-likeness (QED) is 0.703. The SMILES string of the molecule is CC(C)c1ccccc1OCC(=O)Nc1ccc(C(=O)NC2CCCCC2)cc1. The molecule has 154 valence electrons. The predicted octanol–water partition coefficient (Wildman–Crippen LogP) is 4.89. The Morgan fingerprint density at radius 3 is 2.38 bits per heavy atom. The molecule has 2 amide bonds. The summed E-state index contributed by atoms with van der Waals surface area (Å²) in [6.07, 6.45) is 5.73. The molecule has 0 bridgehead atoms. The number of ether oxygens (including phenoxy) is 1. The summed E-state index contributed by atoms with van der Waals surface area (Å²) in [5, 5.41) is 5.91. The van der Waals surface area contributed by atoms with E-state index in [0.29, 0.717) is 17.2 Å². The van der Waals surface area contributed by atoms with Crippen LogP contribution in [-0.4, -0.2) is 24.5 Å². The third-order valence-corrected chi connectivity index (χ3v) is 5.27. The number of carbonyl (C=O) groups excluding carboxylic acids is 2. The minimum Gasteiger partial charge on any atom is -0.483 e. The Labute approximate surface area is 172 Å². The van der Waals surface area contributed by atoms with Crippen molar-refractivity contribution in [3.8, 4) is 5.75 Å². The van der Waals surface area contributed by atoms with E-state index in [1.54, 1.807) is 24.3 Å². The lowest BCUT2D eigenvalue weighted by atomic mass is 9.95. The van der Waals surface area contributed by atoms with Crippen LogP contribution < -0.4 is 15.4 Å². The van der Waals surface area contributed by atoms with Gasteiger partial charge in [-0.2, -0.15) is 0 Å². The summed E-state index contributed by atoms with van der Waals surface area (Å²) in [4.78, 5) is 24.6. The van der Waals surface area contributed by atoms with Crippen LogP contribution in [0.25, 0.3) is 0 Å². The van der Waals surface area contributed by atoms with Gasteiger partial charge in [0.1, 0.15) is 5.75 Å². The lowest BCUT2D eigenvalue weighted by Gasteiger charge is -2.22. The smallest absolute Gasteiger partial charge is 0.262 e. The van der Waals surface area contributed by atoms with Gasteiger partial charge in [0.05, 0.1) is 0 Å². The molecule has 0 heterocycles. The zero-order valence-electron chi connectivity index (χ0n) is 17.2. The van der Waals surface area contributed by atoms with Gasteiger partial charge in [-0.3, -0.25) is 9.59 Å². The summed E-state index contributed by atoms with van der Waals surface area (Å²) < 4.78 is 5.70. The maximum absolute atomic E-state index is 12.4. The molecule has 29 heavy (non-hydrogen) atoms. The topological polar surface area (TPSA) is 67.4 Å². The number of benzene rings is 2. The van der Waals surface area contributed by atoms with Crippen LogP contribution in [0.5, 0.6) is 5.75 Å². The van der Waals surface area contributed by atoms with E-state index >= 15 is 0 Å². The van der Waals surface area contributed by atoms with Crippen molar-refractivity contribution in [3.05, 3.63) is 59.7 Å². The van der Waals surface area contributed by atoms with Crippen LogP contribution in [0.2, 0.25) is 0 Å². The molecule has 3 rings (SSSR count). The molecular formula is C24H30N2O3. The molecule has 2 aromatic carbocycles. The van der Waals surface area contributed by atoms with Crippen molar-refractivity contribution in [3.63, 3.8) is 0 Å². The molecule has 1 saturated carbocycles. The number of anilines is 1.